The molecule has 69 heavy (non-hydrogen) atoms. The van der Waals surface area contributed by atoms with Gasteiger partial charge in [-0.2, -0.15) is 0 Å². The molecule has 0 fully saturated rings. The highest BCUT2D eigenvalue weighted by Crippen LogP contribution is 2.38. The highest BCUT2D eigenvalue weighted by molar-refractivity contribution is 7.45. The average Bonchev–Trinajstić information content (AvgIpc) is 3.31. The maximum absolute atomic E-state index is 13.0. The minimum Gasteiger partial charge on any atom is -0.756 e. The first-order valence-corrected chi connectivity index (χ1v) is 31.0. The molecule has 3 atom stereocenters. The molecule has 0 saturated carbocycles. The van der Waals surface area contributed by atoms with Gasteiger partial charge in [0.2, 0.25) is 5.91 Å². The zero-order valence-electron chi connectivity index (χ0n) is 46.3. The molecule has 9 heteroatoms. The number of likely N-dealkylation sites (N-methyl/N-ethyl adjacent to an activating group) is 1. The third-order valence-electron chi connectivity index (χ3n) is 13.2. The molecule has 0 aliphatic carbocycles. The van der Waals surface area contributed by atoms with Crippen LogP contribution in [0.1, 0.15) is 277 Å². The lowest BCUT2D eigenvalue weighted by molar-refractivity contribution is -0.870. The Kier molecular flexibility index (Phi) is 50.2. The van der Waals surface area contributed by atoms with Crippen LogP contribution in [0.3, 0.4) is 0 Å². The lowest BCUT2D eigenvalue weighted by atomic mass is 10.0. The standard InChI is InChI=1S/C60H115N2O6P/c1-6-8-10-12-14-16-18-20-22-24-25-26-27-28-29-30-31-32-33-34-35-36-38-40-42-44-46-48-50-52-54-60(64)61-58(57-68-69(65,66)67-56-55-62(3,4)5)59(63)53-51-49-47-45-43-41-39-37-23-21-19-17-15-13-11-9-7-2/h23,28-29,37,43,45,51,53,58-59,63H,6-22,24-27,30-36,38-42,44,46-50,52,54-57H2,1-5H3,(H-,61,64,65,66)/b29-28-,37-23+,45-43+,53-51+. The Hall–Kier alpha value is -1.54. The number of carbonyl (C=O) groups is 1. The molecule has 3 unspecified atom stereocenters. The summed E-state index contributed by atoms with van der Waals surface area (Å²) in [5.41, 5.74) is 0. The van der Waals surface area contributed by atoms with Gasteiger partial charge < -0.3 is 28.8 Å². The van der Waals surface area contributed by atoms with Gasteiger partial charge in [0.25, 0.3) is 7.82 Å². The summed E-state index contributed by atoms with van der Waals surface area (Å²) in [5, 5.41) is 13.8. The van der Waals surface area contributed by atoms with E-state index in [0.717, 1.165) is 44.9 Å². The first-order valence-electron chi connectivity index (χ1n) is 29.5. The number of aliphatic hydroxyl groups is 1. The molecule has 2 N–H and O–H groups in total. The second-order valence-electron chi connectivity index (χ2n) is 21.3. The summed E-state index contributed by atoms with van der Waals surface area (Å²) < 4.78 is 23.3. The van der Waals surface area contributed by atoms with Crippen LogP contribution < -0.4 is 10.2 Å². The summed E-state index contributed by atoms with van der Waals surface area (Å²) in [4.78, 5) is 25.5. The number of aliphatic hydroxyl groups excluding tert-OH is 1. The topological polar surface area (TPSA) is 108 Å². The van der Waals surface area contributed by atoms with Crippen LogP contribution in [0.4, 0.5) is 0 Å². The van der Waals surface area contributed by atoms with Crippen LogP contribution in [0.5, 0.6) is 0 Å². The van der Waals surface area contributed by atoms with E-state index in [1.165, 1.54) is 212 Å². The minimum atomic E-state index is -4.61. The second kappa shape index (κ2) is 51.4. The van der Waals surface area contributed by atoms with Gasteiger partial charge in [-0.25, -0.2) is 0 Å². The zero-order chi connectivity index (χ0) is 50.6. The summed E-state index contributed by atoms with van der Waals surface area (Å²) in [7, 11) is 1.24. The number of carbonyl (C=O) groups excluding carboxylic acids is 1. The lowest BCUT2D eigenvalue weighted by Gasteiger charge is -2.29. The number of rotatable bonds is 54. The number of unbranched alkanes of at least 4 members (excludes halogenated alkanes) is 35. The van der Waals surface area contributed by atoms with Gasteiger partial charge >= 0.3 is 0 Å². The molecule has 0 saturated heterocycles. The van der Waals surface area contributed by atoms with E-state index in [4.69, 9.17) is 9.05 Å². The van der Waals surface area contributed by atoms with E-state index in [1.807, 2.05) is 27.2 Å². The molecule has 0 aliphatic rings. The van der Waals surface area contributed by atoms with E-state index in [9.17, 15) is 19.4 Å². The number of amides is 1. The molecule has 8 nitrogen and oxygen atoms in total. The van der Waals surface area contributed by atoms with E-state index in [1.54, 1.807) is 6.08 Å². The Morgan fingerprint density at radius 1 is 0.493 bits per heavy atom. The molecular weight excluding hydrogens is 876 g/mol. The van der Waals surface area contributed by atoms with Crippen LogP contribution in [0.15, 0.2) is 48.6 Å². The van der Waals surface area contributed by atoms with Crippen molar-refractivity contribution in [3.05, 3.63) is 48.6 Å². The SMILES string of the molecule is CCCCCCCCC/C=C/CC/C=C/CC/C=C/C(O)C(COP(=O)([O-])OCC[N+](C)(C)C)NC(=O)CCCCCCCCCCCCCCCC/C=C\CCCCCCCCCCCCCC. The predicted molar refractivity (Wildman–Crippen MR) is 298 cm³/mol. The van der Waals surface area contributed by atoms with Crippen molar-refractivity contribution in [1.29, 1.82) is 0 Å². The van der Waals surface area contributed by atoms with E-state index in [0.29, 0.717) is 17.4 Å². The molecule has 406 valence electrons. The van der Waals surface area contributed by atoms with Crippen LogP contribution >= 0.6 is 7.82 Å². The van der Waals surface area contributed by atoms with Gasteiger partial charge in [0.05, 0.1) is 39.9 Å². The smallest absolute Gasteiger partial charge is 0.268 e. The van der Waals surface area contributed by atoms with Crippen molar-refractivity contribution >= 4 is 13.7 Å². The van der Waals surface area contributed by atoms with Gasteiger partial charge in [0, 0.05) is 6.42 Å². The molecule has 0 aromatic carbocycles. The molecule has 0 radical (unpaired) electrons. The number of hydrogen-bond donors (Lipinski definition) is 2. The Bertz CT molecular complexity index is 1260. The number of allylic oxidation sites excluding steroid dienone is 7. The quantitative estimate of drug-likeness (QED) is 0.0272. The van der Waals surface area contributed by atoms with Crippen molar-refractivity contribution in [3.8, 4) is 0 Å². The number of phosphoric ester groups is 1. The molecule has 0 aromatic rings. The van der Waals surface area contributed by atoms with Gasteiger partial charge in [-0.3, -0.25) is 9.36 Å². The second-order valence-corrected chi connectivity index (χ2v) is 22.7. The van der Waals surface area contributed by atoms with E-state index >= 15 is 0 Å². The fourth-order valence-electron chi connectivity index (χ4n) is 8.59. The Morgan fingerprint density at radius 3 is 1.17 bits per heavy atom. The van der Waals surface area contributed by atoms with Crippen LogP contribution in [0.25, 0.3) is 0 Å². The number of nitrogens with one attached hydrogen (secondary N) is 1. The highest BCUT2D eigenvalue weighted by Gasteiger charge is 2.23. The highest BCUT2D eigenvalue weighted by atomic mass is 31.2. The van der Waals surface area contributed by atoms with Crippen molar-refractivity contribution < 1.29 is 32.9 Å². The van der Waals surface area contributed by atoms with Crippen LogP contribution in [-0.2, 0) is 18.4 Å². The first kappa shape index (κ1) is 67.5. The summed E-state index contributed by atoms with van der Waals surface area (Å²) in [5.74, 6) is -0.209. The summed E-state index contributed by atoms with van der Waals surface area (Å²) in [6.45, 7) is 4.64. The number of nitrogens with zero attached hydrogens (tertiary/aromatic N) is 1. The van der Waals surface area contributed by atoms with Gasteiger partial charge in [-0.1, -0.05) is 249 Å². The predicted octanol–water partition coefficient (Wildman–Crippen LogP) is 17.3. The molecule has 0 bridgehead atoms. The number of phosphoric acid groups is 1. The van der Waals surface area contributed by atoms with Gasteiger partial charge in [-0.05, 0) is 70.6 Å². The fourth-order valence-corrected chi connectivity index (χ4v) is 9.32. The van der Waals surface area contributed by atoms with E-state index < -0.39 is 26.6 Å². The molecule has 1 amide bonds. The van der Waals surface area contributed by atoms with Gasteiger partial charge in [0.1, 0.15) is 13.2 Å². The third kappa shape index (κ3) is 54.1. The molecule has 0 spiro atoms. The summed E-state index contributed by atoms with van der Waals surface area (Å²) in [6, 6.07) is -0.910. The third-order valence-corrected chi connectivity index (χ3v) is 14.2. The van der Waals surface area contributed by atoms with Crippen LogP contribution in [0.2, 0.25) is 0 Å². The molecule has 0 aliphatic heterocycles. The maximum Gasteiger partial charge on any atom is 0.268 e. The molecule has 0 heterocycles. The van der Waals surface area contributed by atoms with Crippen LogP contribution in [-0.4, -0.2) is 68.5 Å². The monoisotopic (exact) mass is 991 g/mol. The Balaban J connectivity index is 4.14. The minimum absolute atomic E-state index is 0.00898. The lowest BCUT2D eigenvalue weighted by Crippen LogP contribution is -2.45. The summed E-state index contributed by atoms with van der Waals surface area (Å²) >= 11 is 0. The first-order chi connectivity index (χ1) is 33.5. The van der Waals surface area contributed by atoms with Crippen molar-refractivity contribution in [2.75, 3.05) is 40.9 Å². The van der Waals surface area contributed by atoms with Crippen molar-refractivity contribution in [2.45, 2.75) is 289 Å². The average molecular weight is 992 g/mol. The maximum atomic E-state index is 13.0. The van der Waals surface area contributed by atoms with Gasteiger partial charge in [-0.15, -0.1) is 0 Å². The van der Waals surface area contributed by atoms with E-state index in [-0.39, 0.29) is 12.5 Å². The van der Waals surface area contributed by atoms with Crippen molar-refractivity contribution in [3.63, 3.8) is 0 Å². The largest absolute Gasteiger partial charge is 0.756 e. The van der Waals surface area contributed by atoms with Crippen LogP contribution in [0, 0.1) is 0 Å². The fraction of sp³-hybridized carbons (Fsp3) is 0.850. The molecule has 0 aromatic heterocycles. The normalized spacial score (nSPS) is 14.2. The Morgan fingerprint density at radius 2 is 0.812 bits per heavy atom. The molecular formula is C60H115N2O6P. The summed E-state index contributed by atoms with van der Waals surface area (Å²) in [6.07, 6.45) is 67.7. The van der Waals surface area contributed by atoms with Crippen molar-refractivity contribution in [1.82, 2.24) is 5.32 Å². The number of hydrogen-bond acceptors (Lipinski definition) is 6. The zero-order valence-corrected chi connectivity index (χ0v) is 47.2. The van der Waals surface area contributed by atoms with Gasteiger partial charge in [0.15, 0.2) is 0 Å². The van der Waals surface area contributed by atoms with Crippen molar-refractivity contribution in [2.24, 2.45) is 0 Å². The Labute approximate surface area is 429 Å². The number of quaternary nitrogens is 1. The van der Waals surface area contributed by atoms with E-state index in [2.05, 4.69) is 55.6 Å². The molecule has 0 rings (SSSR count).